The van der Waals surface area contributed by atoms with Gasteiger partial charge in [-0.2, -0.15) is 0 Å². The number of nitrogens with one attached hydrogen (secondary N) is 1. The fourth-order valence-electron chi connectivity index (χ4n) is 4.66. The third-order valence-corrected chi connectivity index (χ3v) is 5.99. The van der Waals surface area contributed by atoms with Gasteiger partial charge in [-0.25, -0.2) is 4.79 Å². The van der Waals surface area contributed by atoms with Gasteiger partial charge in [-0.15, -0.1) is 0 Å². The highest BCUT2D eigenvalue weighted by Gasteiger charge is 2.39. The lowest BCUT2D eigenvalue weighted by Gasteiger charge is -2.42. The number of carbonyl (C=O) groups is 2. The molecule has 3 aliphatic rings. The Morgan fingerprint density at radius 2 is 1.42 bits per heavy atom. The lowest BCUT2D eigenvalue weighted by molar-refractivity contribution is -0.138. The number of hydrogen-bond donors (Lipinski definition) is 1. The van der Waals surface area contributed by atoms with Crippen molar-refractivity contribution in [1.82, 2.24) is 20.0 Å². The minimum atomic E-state index is -0.216. The highest BCUT2D eigenvalue weighted by molar-refractivity contribution is 5.82. The summed E-state index contributed by atoms with van der Waals surface area (Å²) in [6.45, 7) is 10.9. The molecule has 0 spiro atoms. The Hall–Kier alpha value is -1.30. The van der Waals surface area contributed by atoms with E-state index in [1.54, 1.807) is 0 Å². The number of urea groups is 1. The second-order valence-corrected chi connectivity index (χ2v) is 9.22. The number of carbonyl (C=O) groups excluding carboxylic acids is 2. The molecule has 0 unspecified atom stereocenters. The number of hydrogen-bond acceptors (Lipinski definition) is 3. The van der Waals surface area contributed by atoms with E-state index in [2.05, 4.69) is 15.1 Å². The number of likely N-dealkylation sites (tertiary alicyclic amines) is 1. The first kappa shape index (κ1) is 19.5. The Morgan fingerprint density at radius 1 is 0.846 bits per heavy atom. The molecule has 2 saturated heterocycles. The van der Waals surface area contributed by atoms with Gasteiger partial charge in [0.25, 0.3) is 0 Å². The lowest BCUT2D eigenvalue weighted by Crippen LogP contribution is -2.60. The van der Waals surface area contributed by atoms with E-state index in [0.717, 1.165) is 39.0 Å². The van der Waals surface area contributed by atoms with Crippen molar-refractivity contribution < 1.29 is 9.59 Å². The number of amides is 3. The van der Waals surface area contributed by atoms with Gasteiger partial charge < -0.3 is 15.1 Å². The molecule has 1 saturated carbocycles. The molecular weight excluding hydrogens is 328 g/mol. The van der Waals surface area contributed by atoms with Gasteiger partial charge in [0.2, 0.25) is 5.91 Å². The first-order valence-corrected chi connectivity index (χ1v) is 10.4. The summed E-state index contributed by atoms with van der Waals surface area (Å²) in [7, 11) is 0. The Labute approximate surface area is 158 Å². The van der Waals surface area contributed by atoms with Crippen molar-refractivity contribution in [3.8, 4) is 0 Å². The van der Waals surface area contributed by atoms with Crippen LogP contribution >= 0.6 is 0 Å². The van der Waals surface area contributed by atoms with E-state index in [-0.39, 0.29) is 17.6 Å². The molecule has 0 bridgehead atoms. The van der Waals surface area contributed by atoms with Gasteiger partial charge in [-0.05, 0) is 52.4 Å². The predicted octanol–water partition coefficient (Wildman–Crippen LogP) is 2.29. The summed E-state index contributed by atoms with van der Waals surface area (Å²) in [6, 6.07) is 0.0452. The highest BCUT2D eigenvalue weighted by Crippen LogP contribution is 2.32. The molecule has 1 aliphatic carbocycles. The van der Waals surface area contributed by atoms with Gasteiger partial charge >= 0.3 is 6.03 Å². The topological polar surface area (TPSA) is 55.9 Å². The van der Waals surface area contributed by atoms with E-state index in [9.17, 15) is 9.59 Å². The quantitative estimate of drug-likeness (QED) is 0.836. The average Bonchev–Trinajstić information content (AvgIpc) is 3.28. The largest absolute Gasteiger partial charge is 0.341 e. The summed E-state index contributed by atoms with van der Waals surface area (Å²) in [5.41, 5.74) is -0.216. The van der Waals surface area contributed by atoms with Crippen molar-refractivity contribution in [2.45, 2.75) is 70.9 Å². The van der Waals surface area contributed by atoms with E-state index in [4.69, 9.17) is 0 Å². The van der Waals surface area contributed by atoms with E-state index in [1.807, 2.05) is 25.7 Å². The standard InChI is InChI=1S/C20H36N4O2/c1-20(2,3)21-19(26)24-14-12-22(13-15-24)17(16-8-4-5-9-16)18(25)23-10-6-7-11-23/h16-17H,4-15H2,1-3H3,(H,21,26)/t17-/m1/s1. The van der Waals surface area contributed by atoms with E-state index >= 15 is 0 Å². The third-order valence-electron chi connectivity index (χ3n) is 5.99. The maximum atomic E-state index is 13.2. The van der Waals surface area contributed by atoms with Crippen LogP contribution in [0.15, 0.2) is 0 Å². The molecule has 3 fully saturated rings. The summed E-state index contributed by atoms with van der Waals surface area (Å²) in [5, 5.41) is 3.05. The van der Waals surface area contributed by atoms with Crippen LogP contribution in [0.1, 0.15) is 59.3 Å². The number of nitrogens with zero attached hydrogens (tertiary/aromatic N) is 3. The molecule has 0 aromatic heterocycles. The van der Waals surface area contributed by atoms with Gasteiger partial charge in [-0.3, -0.25) is 9.69 Å². The molecule has 3 rings (SSSR count). The van der Waals surface area contributed by atoms with Crippen molar-refractivity contribution in [1.29, 1.82) is 0 Å². The molecule has 2 aliphatic heterocycles. The van der Waals surface area contributed by atoms with Gasteiger partial charge in [0, 0.05) is 44.8 Å². The molecule has 0 aromatic rings. The summed E-state index contributed by atoms with van der Waals surface area (Å²) in [6.07, 6.45) is 7.14. The lowest BCUT2D eigenvalue weighted by atomic mass is 9.94. The molecule has 148 valence electrons. The van der Waals surface area contributed by atoms with Crippen molar-refractivity contribution in [3.05, 3.63) is 0 Å². The third kappa shape index (κ3) is 4.70. The van der Waals surface area contributed by atoms with Crippen LogP contribution in [0.25, 0.3) is 0 Å². The molecule has 0 aromatic carbocycles. The fourth-order valence-corrected chi connectivity index (χ4v) is 4.66. The molecule has 0 radical (unpaired) electrons. The Balaban J connectivity index is 1.61. The van der Waals surface area contributed by atoms with Crippen LogP contribution in [0.4, 0.5) is 4.79 Å². The molecule has 1 atom stereocenters. The Morgan fingerprint density at radius 3 is 1.96 bits per heavy atom. The van der Waals surface area contributed by atoms with Gasteiger partial charge in [-0.1, -0.05) is 12.8 Å². The Kier molecular flexibility index (Phi) is 6.10. The van der Waals surface area contributed by atoms with E-state index < -0.39 is 0 Å². The Bertz CT molecular complexity index is 496. The monoisotopic (exact) mass is 364 g/mol. The molecule has 6 heteroatoms. The number of piperazine rings is 1. The smallest absolute Gasteiger partial charge is 0.317 e. The zero-order valence-electron chi connectivity index (χ0n) is 16.8. The van der Waals surface area contributed by atoms with Crippen molar-refractivity contribution in [2.75, 3.05) is 39.3 Å². The van der Waals surface area contributed by atoms with Crippen LogP contribution < -0.4 is 5.32 Å². The maximum Gasteiger partial charge on any atom is 0.317 e. The summed E-state index contributed by atoms with van der Waals surface area (Å²) in [4.78, 5) is 32.0. The molecule has 26 heavy (non-hydrogen) atoms. The average molecular weight is 365 g/mol. The van der Waals surface area contributed by atoms with Crippen LogP contribution in [0.5, 0.6) is 0 Å². The zero-order chi connectivity index (χ0) is 18.7. The molecular formula is C20H36N4O2. The first-order valence-electron chi connectivity index (χ1n) is 10.4. The van der Waals surface area contributed by atoms with Gasteiger partial charge in [0.05, 0.1) is 6.04 Å². The van der Waals surface area contributed by atoms with E-state index in [1.165, 1.54) is 25.7 Å². The minimum absolute atomic E-state index is 0.0143. The maximum absolute atomic E-state index is 13.2. The van der Waals surface area contributed by atoms with Crippen molar-refractivity contribution in [3.63, 3.8) is 0 Å². The second kappa shape index (κ2) is 8.15. The van der Waals surface area contributed by atoms with E-state index in [0.29, 0.717) is 24.9 Å². The molecule has 2 heterocycles. The van der Waals surface area contributed by atoms with Crippen LogP contribution in [0.2, 0.25) is 0 Å². The molecule has 6 nitrogen and oxygen atoms in total. The predicted molar refractivity (Wildman–Crippen MR) is 103 cm³/mol. The zero-order valence-corrected chi connectivity index (χ0v) is 16.8. The van der Waals surface area contributed by atoms with Crippen LogP contribution in [0, 0.1) is 5.92 Å². The van der Waals surface area contributed by atoms with Gasteiger partial charge in [0.15, 0.2) is 0 Å². The molecule has 3 amide bonds. The fraction of sp³-hybridized carbons (Fsp3) is 0.900. The summed E-state index contributed by atoms with van der Waals surface area (Å²) < 4.78 is 0. The number of rotatable bonds is 3. The van der Waals surface area contributed by atoms with Crippen molar-refractivity contribution >= 4 is 11.9 Å². The molecule has 1 N–H and O–H groups in total. The first-order chi connectivity index (χ1) is 12.3. The van der Waals surface area contributed by atoms with Crippen LogP contribution in [-0.4, -0.2) is 77.5 Å². The summed E-state index contributed by atoms with van der Waals surface area (Å²) >= 11 is 0. The summed E-state index contributed by atoms with van der Waals surface area (Å²) in [5.74, 6) is 0.847. The minimum Gasteiger partial charge on any atom is -0.341 e. The highest BCUT2D eigenvalue weighted by atomic mass is 16.2. The van der Waals surface area contributed by atoms with Crippen LogP contribution in [0.3, 0.4) is 0 Å². The normalized spacial score (nSPS) is 24.1. The van der Waals surface area contributed by atoms with Gasteiger partial charge in [0.1, 0.15) is 0 Å². The van der Waals surface area contributed by atoms with Crippen LogP contribution in [-0.2, 0) is 4.79 Å². The second-order valence-electron chi connectivity index (χ2n) is 9.22. The SMILES string of the molecule is CC(C)(C)NC(=O)N1CCN([C@@H](C(=O)N2CCCC2)C2CCCC2)CC1. The van der Waals surface area contributed by atoms with Crippen molar-refractivity contribution in [2.24, 2.45) is 5.92 Å².